The number of ketones is 2. The van der Waals surface area contributed by atoms with Crippen molar-refractivity contribution >= 4 is 58.2 Å². The first kappa shape index (κ1) is 66.8. The number of Topliss-reactive ketones (excluding diaryl/α,β-unsaturated/α-hetero) is 2. The molecule has 0 unspecified atom stereocenters. The lowest BCUT2D eigenvalue weighted by atomic mass is 9.85. The fourth-order valence-electron chi connectivity index (χ4n) is 10.7. The SMILES string of the molecule is CC(=O)O.Cc1ncsc1-c1ccc(CCC(=O)[C@@H]2C[C@@H](O)CN2C(=O)[C@@H](NC(=O)COCCOCCOCCOCCCc2ccc(CO[C@H](C)[C@H](CCC(N)=O)CC(=O)[C@@H]3Cc4cccc5c4N3C(=O)[C@@H](N)CC5)cc2)C(C)(C)C)cc1. The molecule has 7 N–H and O–H groups in total. The molecule has 1 fully saturated rings. The van der Waals surface area contributed by atoms with Crippen molar-refractivity contribution in [3.8, 4) is 10.4 Å². The molecule has 0 bridgehead atoms. The van der Waals surface area contributed by atoms with Crippen molar-refractivity contribution in [2.75, 3.05) is 64.3 Å². The number of aliphatic hydroxyl groups is 1. The molecule has 4 heterocycles. The number of likely N-dealkylation sites (tertiary alicyclic amines) is 1. The second-order valence-electron chi connectivity index (χ2n) is 23.0. The van der Waals surface area contributed by atoms with Crippen LogP contribution < -0.4 is 21.7 Å². The van der Waals surface area contributed by atoms with Gasteiger partial charge in [0.25, 0.3) is 5.97 Å². The standard InChI is InChI=1S/C61H82N6O12S.C2H4O2/c1-39-57(80-38-64-39)45-18-15-42(16-19-45)17-23-52(69)50-34-48(68)35-66(50)60(74)58(61(3,4)5)65-55(72)37-78-31-30-77-29-28-76-27-26-75-25-7-8-41-11-13-43(14-12-41)36-79-40(2)46(21-24-54(63)71)33-53(70)51-32-47-10-6-9-44-20-22-49(62)59(73)67(51)56(44)47;1-2(3)4/h6,9-16,18-19,38,40,46,48-51,58,68H,7-8,17,20-37,62H2,1-5H3,(H2,63,71)(H,65,72);1H3,(H,3,4)/t40-,46-,48-,49+,50+,51+,58-;/m1./s1. The van der Waals surface area contributed by atoms with Gasteiger partial charge in [0.1, 0.15) is 12.6 Å². The quantitative estimate of drug-likeness (QED) is 0.0357. The number of carbonyl (C=O) groups is 7. The Labute approximate surface area is 497 Å². The van der Waals surface area contributed by atoms with Crippen LogP contribution in [-0.2, 0) is 89.5 Å². The second kappa shape index (κ2) is 32.8. The Hall–Kier alpha value is -6.30. The molecule has 458 valence electrons. The zero-order valence-electron chi connectivity index (χ0n) is 49.5. The monoisotopic (exact) mass is 1180 g/mol. The molecule has 20 nitrogen and oxygen atoms in total. The zero-order valence-corrected chi connectivity index (χ0v) is 50.3. The summed E-state index contributed by atoms with van der Waals surface area (Å²) in [4.78, 5) is 97.3. The van der Waals surface area contributed by atoms with Crippen LogP contribution in [0, 0.1) is 18.3 Å². The molecular weight excluding hydrogens is 1100 g/mol. The fraction of sp³-hybridized carbons (Fsp3) is 0.556. The summed E-state index contributed by atoms with van der Waals surface area (Å²) in [5.74, 6) is -2.86. The number of carboxylic acid groups (broad SMARTS) is 1. The Bertz CT molecular complexity index is 2820. The van der Waals surface area contributed by atoms with E-state index in [1.54, 1.807) is 16.2 Å². The molecule has 84 heavy (non-hydrogen) atoms. The summed E-state index contributed by atoms with van der Waals surface area (Å²) in [6, 6.07) is 19.2. The number of benzene rings is 3. The molecule has 1 aromatic heterocycles. The molecule has 3 aromatic carbocycles. The van der Waals surface area contributed by atoms with Gasteiger partial charge in [0, 0.05) is 52.2 Å². The van der Waals surface area contributed by atoms with Crippen molar-refractivity contribution in [3.63, 3.8) is 0 Å². The number of aromatic nitrogens is 1. The van der Waals surface area contributed by atoms with E-state index in [1.807, 2.05) is 94.7 Å². The molecular formula is C63H86N6O14S. The number of primary amides is 1. The predicted molar refractivity (Wildman–Crippen MR) is 318 cm³/mol. The first-order valence-electron chi connectivity index (χ1n) is 29.1. The number of para-hydroxylation sites is 1. The third-order valence-corrected chi connectivity index (χ3v) is 16.3. The van der Waals surface area contributed by atoms with Gasteiger partial charge in [0.2, 0.25) is 23.6 Å². The van der Waals surface area contributed by atoms with Gasteiger partial charge in [-0.1, -0.05) is 87.5 Å². The van der Waals surface area contributed by atoms with Crippen LogP contribution >= 0.6 is 11.3 Å². The Morgan fingerprint density at radius 3 is 2.06 bits per heavy atom. The number of hydrogen-bond acceptors (Lipinski definition) is 16. The maximum Gasteiger partial charge on any atom is 0.300 e. The number of β-amino-alcohol motifs (C(OH)–C–C–N with tert-alkyl or cyclic N) is 1. The van der Waals surface area contributed by atoms with Gasteiger partial charge in [0.05, 0.1) is 98.4 Å². The van der Waals surface area contributed by atoms with Gasteiger partial charge in [-0.3, -0.25) is 38.5 Å². The summed E-state index contributed by atoms with van der Waals surface area (Å²) in [6.45, 7) is 13.1. The average molecular weight is 1180 g/mol. The molecule has 4 aromatic rings. The largest absolute Gasteiger partial charge is 0.481 e. The van der Waals surface area contributed by atoms with Gasteiger partial charge in [-0.05, 0) is 97.1 Å². The van der Waals surface area contributed by atoms with E-state index in [-0.39, 0.29) is 81.5 Å². The fourth-order valence-corrected chi connectivity index (χ4v) is 11.5. The van der Waals surface area contributed by atoms with Crippen molar-refractivity contribution in [3.05, 3.63) is 106 Å². The van der Waals surface area contributed by atoms with Crippen LogP contribution in [0.4, 0.5) is 5.69 Å². The Kier molecular flexibility index (Phi) is 26.1. The average Bonchev–Trinajstić information content (AvgIpc) is 3.34. The highest BCUT2D eigenvalue weighted by Crippen LogP contribution is 2.40. The van der Waals surface area contributed by atoms with Crippen LogP contribution in [0.15, 0.2) is 72.2 Å². The van der Waals surface area contributed by atoms with Gasteiger partial charge in [-0.25, -0.2) is 4.98 Å². The summed E-state index contributed by atoms with van der Waals surface area (Å²) in [7, 11) is 0. The first-order chi connectivity index (χ1) is 40.1. The van der Waals surface area contributed by atoms with E-state index in [4.69, 9.17) is 45.1 Å². The van der Waals surface area contributed by atoms with Crippen LogP contribution in [0.1, 0.15) is 113 Å². The van der Waals surface area contributed by atoms with Crippen molar-refractivity contribution in [2.45, 2.75) is 155 Å². The molecule has 3 aliphatic rings. The highest BCUT2D eigenvalue weighted by molar-refractivity contribution is 7.13. The predicted octanol–water partition coefficient (Wildman–Crippen LogP) is 5.88. The summed E-state index contributed by atoms with van der Waals surface area (Å²) in [5, 5.41) is 20.8. The van der Waals surface area contributed by atoms with Crippen LogP contribution in [0.5, 0.6) is 0 Å². The number of aliphatic carboxylic acids is 1. The van der Waals surface area contributed by atoms with Gasteiger partial charge >= 0.3 is 0 Å². The Morgan fingerprint density at radius 1 is 0.821 bits per heavy atom. The van der Waals surface area contributed by atoms with Crippen molar-refractivity contribution < 1.29 is 67.5 Å². The maximum absolute atomic E-state index is 14.0. The number of aryl methyl sites for hydroxylation is 4. The van der Waals surface area contributed by atoms with Gasteiger partial charge in [-0.15, -0.1) is 11.3 Å². The van der Waals surface area contributed by atoms with E-state index in [1.165, 1.54) is 4.90 Å². The minimum atomic E-state index is -0.946. The Morgan fingerprint density at radius 2 is 1.43 bits per heavy atom. The second-order valence-corrected chi connectivity index (χ2v) is 23.8. The summed E-state index contributed by atoms with van der Waals surface area (Å²) < 4.78 is 28.9. The lowest BCUT2D eigenvalue weighted by Crippen LogP contribution is -2.57. The summed E-state index contributed by atoms with van der Waals surface area (Å²) >= 11 is 1.58. The van der Waals surface area contributed by atoms with E-state index in [0.29, 0.717) is 71.7 Å². The number of nitrogens with one attached hydrogen (secondary N) is 1. The molecule has 21 heteroatoms. The number of thiazole rings is 1. The first-order valence-corrected chi connectivity index (χ1v) is 30.0. The molecule has 4 amide bonds. The van der Waals surface area contributed by atoms with Crippen molar-refractivity contribution in [2.24, 2.45) is 22.8 Å². The van der Waals surface area contributed by atoms with Gasteiger partial charge < -0.3 is 55.6 Å². The number of nitrogens with two attached hydrogens (primary N) is 2. The number of carboxylic acids is 1. The third-order valence-electron chi connectivity index (χ3n) is 15.3. The van der Waals surface area contributed by atoms with Gasteiger partial charge in [0.15, 0.2) is 11.6 Å². The minimum absolute atomic E-state index is 0.0163. The number of carbonyl (C=O) groups excluding carboxylic acids is 6. The van der Waals surface area contributed by atoms with E-state index >= 15 is 0 Å². The van der Waals surface area contributed by atoms with E-state index in [9.17, 15) is 33.9 Å². The van der Waals surface area contributed by atoms with E-state index < -0.39 is 59.4 Å². The third kappa shape index (κ3) is 20.2. The highest BCUT2D eigenvalue weighted by Gasteiger charge is 2.45. The summed E-state index contributed by atoms with van der Waals surface area (Å²) in [6.07, 6.45) is 3.66. The van der Waals surface area contributed by atoms with E-state index in [0.717, 1.165) is 69.4 Å². The van der Waals surface area contributed by atoms with Crippen molar-refractivity contribution in [1.29, 1.82) is 0 Å². The molecule has 3 aliphatic heterocycles. The smallest absolute Gasteiger partial charge is 0.300 e. The number of hydrogen-bond donors (Lipinski definition) is 5. The van der Waals surface area contributed by atoms with Crippen LogP contribution in [0.25, 0.3) is 10.4 Å². The number of amides is 4. The minimum Gasteiger partial charge on any atom is -0.481 e. The molecule has 0 spiro atoms. The van der Waals surface area contributed by atoms with Crippen LogP contribution in [0.3, 0.4) is 0 Å². The van der Waals surface area contributed by atoms with E-state index in [2.05, 4.69) is 22.4 Å². The highest BCUT2D eigenvalue weighted by atomic mass is 32.1. The lowest BCUT2D eigenvalue weighted by molar-refractivity contribution is -0.144. The topological polar surface area (TPSA) is 290 Å². The number of aliphatic hydroxyl groups excluding tert-OH is 1. The number of ether oxygens (including phenoxy) is 5. The van der Waals surface area contributed by atoms with Crippen LogP contribution in [0.2, 0.25) is 0 Å². The van der Waals surface area contributed by atoms with Crippen molar-refractivity contribution in [1.82, 2.24) is 15.2 Å². The zero-order chi connectivity index (χ0) is 60.9. The molecule has 7 rings (SSSR count). The molecule has 0 saturated carbocycles. The lowest BCUT2D eigenvalue weighted by Gasteiger charge is -2.35. The summed E-state index contributed by atoms with van der Waals surface area (Å²) in [5.41, 5.74) is 21.0. The van der Waals surface area contributed by atoms with Crippen LogP contribution in [-0.4, -0.2) is 157 Å². The number of anilines is 1. The van der Waals surface area contributed by atoms with Gasteiger partial charge in [-0.2, -0.15) is 0 Å². The molecule has 0 radical (unpaired) electrons. The maximum atomic E-state index is 14.0. The normalized spacial score (nSPS) is 18.5. The number of rotatable bonds is 32. The molecule has 7 atom stereocenters. The number of nitrogens with zero attached hydrogens (tertiary/aromatic N) is 3. The molecule has 0 aliphatic carbocycles. The Balaban J connectivity index is 0.00000274. The molecule has 1 saturated heterocycles.